The molecule has 2 amide bonds. The molecule has 2 aromatic carbocycles. The van der Waals surface area contributed by atoms with Gasteiger partial charge in [0.15, 0.2) is 11.5 Å². The Balaban J connectivity index is 1.73. The van der Waals surface area contributed by atoms with Crippen LogP contribution in [-0.2, 0) is 22.6 Å². The zero-order valence-corrected chi connectivity index (χ0v) is 16.5. The van der Waals surface area contributed by atoms with Gasteiger partial charge in [0.25, 0.3) is 0 Å². The molecule has 0 saturated heterocycles. The zero-order chi connectivity index (χ0) is 20.1. The predicted molar refractivity (Wildman–Crippen MR) is 108 cm³/mol. The third-order valence-corrected chi connectivity index (χ3v) is 4.84. The molecule has 0 bridgehead atoms. The minimum absolute atomic E-state index is 0.0480. The highest BCUT2D eigenvalue weighted by Crippen LogP contribution is 2.33. The van der Waals surface area contributed by atoms with E-state index in [4.69, 9.17) is 9.47 Å². The highest BCUT2D eigenvalue weighted by molar-refractivity contribution is 6.03. The van der Waals surface area contributed by atoms with Crippen molar-refractivity contribution in [2.24, 2.45) is 0 Å². The summed E-state index contributed by atoms with van der Waals surface area (Å²) in [6, 6.07) is 12.7. The maximum atomic E-state index is 12.9. The van der Waals surface area contributed by atoms with Crippen LogP contribution in [0.5, 0.6) is 11.5 Å². The van der Waals surface area contributed by atoms with Crippen molar-refractivity contribution < 1.29 is 19.1 Å². The molecule has 6 nitrogen and oxygen atoms in total. The SMILES string of the molecule is CCOc1cc(CNC(=O)C2Cc3ccccc3N2C(=O)CC)ccc1OC. The highest BCUT2D eigenvalue weighted by Gasteiger charge is 2.37. The number of amides is 2. The number of methoxy groups -OCH3 is 1. The van der Waals surface area contributed by atoms with Crippen LogP contribution in [0.15, 0.2) is 42.5 Å². The summed E-state index contributed by atoms with van der Waals surface area (Å²) in [5.74, 6) is 1.09. The third kappa shape index (κ3) is 3.96. The van der Waals surface area contributed by atoms with E-state index in [2.05, 4.69) is 5.32 Å². The number of hydrogen-bond acceptors (Lipinski definition) is 4. The van der Waals surface area contributed by atoms with Gasteiger partial charge in [0.05, 0.1) is 13.7 Å². The Morgan fingerprint density at radius 1 is 1.14 bits per heavy atom. The Hall–Kier alpha value is -3.02. The Kier molecular flexibility index (Phi) is 6.19. The molecule has 0 spiro atoms. The van der Waals surface area contributed by atoms with E-state index in [1.54, 1.807) is 12.0 Å². The molecule has 0 aromatic heterocycles. The van der Waals surface area contributed by atoms with Gasteiger partial charge < -0.3 is 14.8 Å². The summed E-state index contributed by atoms with van der Waals surface area (Å²) < 4.78 is 10.9. The molecule has 0 saturated carbocycles. The molecule has 1 aliphatic heterocycles. The van der Waals surface area contributed by atoms with Gasteiger partial charge in [0, 0.05) is 25.1 Å². The van der Waals surface area contributed by atoms with Crippen LogP contribution in [0.3, 0.4) is 0 Å². The van der Waals surface area contributed by atoms with Crippen molar-refractivity contribution in [3.8, 4) is 11.5 Å². The lowest BCUT2D eigenvalue weighted by atomic mass is 10.1. The summed E-state index contributed by atoms with van der Waals surface area (Å²) in [6.07, 6.45) is 0.884. The number of fused-ring (bicyclic) bond motifs is 1. The van der Waals surface area contributed by atoms with Crippen LogP contribution >= 0.6 is 0 Å². The van der Waals surface area contributed by atoms with Gasteiger partial charge in [0.1, 0.15) is 6.04 Å². The van der Waals surface area contributed by atoms with Crippen molar-refractivity contribution in [1.82, 2.24) is 5.32 Å². The molecule has 0 aliphatic carbocycles. The lowest BCUT2D eigenvalue weighted by Crippen LogP contribution is -2.47. The van der Waals surface area contributed by atoms with Crippen LogP contribution < -0.4 is 19.7 Å². The first-order chi connectivity index (χ1) is 13.6. The molecular weight excluding hydrogens is 356 g/mol. The summed E-state index contributed by atoms with van der Waals surface area (Å²) in [6.45, 7) is 4.60. The van der Waals surface area contributed by atoms with Gasteiger partial charge in [-0.2, -0.15) is 0 Å². The van der Waals surface area contributed by atoms with Crippen LogP contribution in [0.2, 0.25) is 0 Å². The molecule has 3 rings (SSSR count). The number of carbonyl (C=O) groups excluding carboxylic acids is 2. The second-order valence-corrected chi connectivity index (χ2v) is 6.60. The number of rotatable bonds is 7. The van der Waals surface area contributed by atoms with E-state index in [-0.39, 0.29) is 11.8 Å². The van der Waals surface area contributed by atoms with Crippen LogP contribution in [0.4, 0.5) is 5.69 Å². The fourth-order valence-electron chi connectivity index (χ4n) is 3.48. The second-order valence-electron chi connectivity index (χ2n) is 6.60. The van der Waals surface area contributed by atoms with E-state index in [1.807, 2.05) is 56.3 Å². The Morgan fingerprint density at radius 2 is 1.93 bits per heavy atom. The monoisotopic (exact) mass is 382 g/mol. The lowest BCUT2D eigenvalue weighted by molar-refractivity contribution is -0.126. The maximum Gasteiger partial charge on any atom is 0.243 e. The van der Waals surface area contributed by atoms with Gasteiger partial charge >= 0.3 is 0 Å². The first-order valence-corrected chi connectivity index (χ1v) is 9.56. The zero-order valence-electron chi connectivity index (χ0n) is 16.5. The van der Waals surface area contributed by atoms with Crippen molar-refractivity contribution in [2.45, 2.75) is 39.3 Å². The van der Waals surface area contributed by atoms with Gasteiger partial charge in [-0.25, -0.2) is 0 Å². The fourth-order valence-corrected chi connectivity index (χ4v) is 3.48. The van der Waals surface area contributed by atoms with E-state index in [0.29, 0.717) is 37.5 Å². The van der Waals surface area contributed by atoms with E-state index in [1.165, 1.54) is 0 Å². The summed E-state index contributed by atoms with van der Waals surface area (Å²) >= 11 is 0. The molecule has 1 atom stereocenters. The molecule has 1 unspecified atom stereocenters. The number of para-hydroxylation sites is 1. The number of nitrogens with zero attached hydrogens (tertiary/aromatic N) is 1. The number of carbonyl (C=O) groups is 2. The van der Waals surface area contributed by atoms with Gasteiger partial charge in [-0.1, -0.05) is 31.2 Å². The first-order valence-electron chi connectivity index (χ1n) is 9.56. The third-order valence-electron chi connectivity index (χ3n) is 4.84. The normalized spacial score (nSPS) is 15.1. The minimum Gasteiger partial charge on any atom is -0.493 e. The van der Waals surface area contributed by atoms with Crippen LogP contribution in [0, 0.1) is 0 Å². The van der Waals surface area contributed by atoms with Crippen LogP contribution in [-0.4, -0.2) is 31.6 Å². The molecule has 1 heterocycles. The number of hydrogen-bond donors (Lipinski definition) is 1. The Morgan fingerprint density at radius 3 is 2.64 bits per heavy atom. The van der Waals surface area contributed by atoms with E-state index >= 15 is 0 Å². The fraction of sp³-hybridized carbons (Fsp3) is 0.364. The Bertz CT molecular complexity index is 865. The summed E-state index contributed by atoms with van der Waals surface area (Å²) in [7, 11) is 1.59. The number of ether oxygens (including phenoxy) is 2. The van der Waals surface area contributed by atoms with Crippen molar-refractivity contribution in [2.75, 3.05) is 18.6 Å². The molecular formula is C22H26N2O4. The van der Waals surface area contributed by atoms with Crippen molar-refractivity contribution >= 4 is 17.5 Å². The second kappa shape index (κ2) is 8.78. The van der Waals surface area contributed by atoms with Crippen molar-refractivity contribution in [3.63, 3.8) is 0 Å². The molecule has 1 aliphatic rings. The molecule has 148 valence electrons. The topological polar surface area (TPSA) is 67.9 Å². The number of benzene rings is 2. The van der Waals surface area contributed by atoms with Crippen molar-refractivity contribution in [3.05, 3.63) is 53.6 Å². The van der Waals surface area contributed by atoms with Gasteiger partial charge in [0.2, 0.25) is 11.8 Å². The summed E-state index contributed by atoms with van der Waals surface area (Å²) in [5.41, 5.74) is 2.76. The standard InChI is InChI=1S/C22H26N2O4/c1-4-21(25)24-17-9-7-6-8-16(17)13-18(24)22(26)23-14-15-10-11-19(27-3)20(12-15)28-5-2/h6-12,18H,4-5,13-14H2,1-3H3,(H,23,26). The van der Waals surface area contributed by atoms with Crippen LogP contribution in [0.25, 0.3) is 0 Å². The predicted octanol–water partition coefficient (Wildman–Crippen LogP) is 3.08. The van der Waals surface area contributed by atoms with Crippen molar-refractivity contribution in [1.29, 1.82) is 0 Å². The van der Waals surface area contributed by atoms with E-state index in [0.717, 1.165) is 16.8 Å². The minimum atomic E-state index is -0.519. The first kappa shape index (κ1) is 19.7. The molecule has 0 fully saturated rings. The largest absolute Gasteiger partial charge is 0.493 e. The quantitative estimate of drug-likeness (QED) is 0.799. The smallest absolute Gasteiger partial charge is 0.243 e. The summed E-state index contributed by atoms with van der Waals surface area (Å²) in [4.78, 5) is 27.0. The molecule has 1 N–H and O–H groups in total. The van der Waals surface area contributed by atoms with E-state index in [9.17, 15) is 9.59 Å². The van der Waals surface area contributed by atoms with E-state index < -0.39 is 6.04 Å². The molecule has 6 heteroatoms. The van der Waals surface area contributed by atoms with Gasteiger partial charge in [-0.15, -0.1) is 0 Å². The lowest BCUT2D eigenvalue weighted by Gasteiger charge is -2.24. The molecule has 28 heavy (non-hydrogen) atoms. The summed E-state index contributed by atoms with van der Waals surface area (Å²) in [5, 5.41) is 2.96. The molecule has 2 aromatic rings. The average molecular weight is 382 g/mol. The highest BCUT2D eigenvalue weighted by atomic mass is 16.5. The number of nitrogens with one attached hydrogen (secondary N) is 1. The number of anilines is 1. The average Bonchev–Trinajstić information content (AvgIpc) is 3.11. The van der Waals surface area contributed by atoms with Crippen LogP contribution in [0.1, 0.15) is 31.4 Å². The molecule has 0 radical (unpaired) electrons. The maximum absolute atomic E-state index is 12.9. The Labute approximate surface area is 165 Å². The van der Waals surface area contributed by atoms with Gasteiger partial charge in [-0.05, 0) is 36.2 Å². The van der Waals surface area contributed by atoms with Gasteiger partial charge in [-0.3, -0.25) is 14.5 Å².